The lowest BCUT2D eigenvalue weighted by atomic mass is 10.0. The van der Waals surface area contributed by atoms with Crippen molar-refractivity contribution in [2.45, 2.75) is 29.7 Å². The average Bonchev–Trinajstić information content (AvgIpc) is 2.74. The molecule has 2 aromatic carbocycles. The van der Waals surface area contributed by atoms with E-state index in [4.69, 9.17) is 0 Å². The minimum atomic E-state index is -3.77. The molecule has 1 aliphatic heterocycles. The first-order valence-corrected chi connectivity index (χ1v) is 12.3. The Balaban J connectivity index is 1.59. The molecule has 156 valence electrons. The zero-order chi connectivity index (χ0) is 21.4. The lowest BCUT2D eigenvalue weighted by Gasteiger charge is -2.28. The Morgan fingerprint density at radius 3 is 2.40 bits per heavy atom. The van der Waals surface area contributed by atoms with Crippen LogP contribution in [0.25, 0.3) is 0 Å². The average molecular weight is 444 g/mol. The Morgan fingerprint density at radius 1 is 0.933 bits per heavy atom. The Morgan fingerprint density at radius 2 is 1.70 bits per heavy atom. The zero-order valence-electron chi connectivity index (χ0n) is 16.3. The number of nitrogens with one attached hydrogen (secondary N) is 1. The van der Waals surface area contributed by atoms with Crippen LogP contribution in [0.5, 0.6) is 0 Å². The predicted octanol–water partition coefficient (Wildman–Crippen LogP) is 2.94. The van der Waals surface area contributed by atoms with Crippen LogP contribution in [-0.2, 0) is 33.0 Å². The molecular weight excluding hydrogens is 422 g/mol. The molecule has 0 aliphatic carbocycles. The fraction of sp³-hybridized carbons (Fsp3) is 0.190. The minimum absolute atomic E-state index is 0.0614. The number of rotatable bonds is 5. The van der Waals surface area contributed by atoms with Gasteiger partial charge in [-0.1, -0.05) is 23.8 Å². The third-order valence-electron chi connectivity index (χ3n) is 5.04. The molecule has 9 heteroatoms. The van der Waals surface area contributed by atoms with Crippen molar-refractivity contribution in [1.29, 1.82) is 0 Å². The van der Waals surface area contributed by atoms with E-state index in [1.165, 1.54) is 22.8 Å². The highest BCUT2D eigenvalue weighted by Gasteiger charge is 2.28. The molecule has 30 heavy (non-hydrogen) atoms. The fourth-order valence-corrected chi connectivity index (χ4v) is 5.81. The summed E-state index contributed by atoms with van der Waals surface area (Å²) >= 11 is 0. The lowest BCUT2D eigenvalue weighted by Crippen LogP contribution is -2.36. The number of sulfonamides is 2. The second-order valence-electron chi connectivity index (χ2n) is 7.18. The summed E-state index contributed by atoms with van der Waals surface area (Å²) in [5.41, 5.74) is 3.16. The van der Waals surface area contributed by atoms with Gasteiger partial charge in [-0.2, -0.15) is 4.31 Å². The summed E-state index contributed by atoms with van der Waals surface area (Å²) in [5.74, 6) is 0. The van der Waals surface area contributed by atoms with Gasteiger partial charge in [0.2, 0.25) is 10.0 Å². The monoisotopic (exact) mass is 443 g/mol. The van der Waals surface area contributed by atoms with E-state index in [9.17, 15) is 16.8 Å². The van der Waals surface area contributed by atoms with E-state index in [0.29, 0.717) is 18.7 Å². The van der Waals surface area contributed by atoms with Gasteiger partial charge in [-0.15, -0.1) is 0 Å². The van der Waals surface area contributed by atoms with Crippen LogP contribution in [0.3, 0.4) is 0 Å². The molecule has 1 aliphatic rings. The molecule has 0 bridgehead atoms. The van der Waals surface area contributed by atoms with Gasteiger partial charge in [0, 0.05) is 31.2 Å². The minimum Gasteiger partial charge on any atom is -0.280 e. The van der Waals surface area contributed by atoms with Crippen molar-refractivity contribution in [2.75, 3.05) is 11.3 Å². The van der Waals surface area contributed by atoms with Crippen molar-refractivity contribution in [3.8, 4) is 0 Å². The molecule has 0 unspecified atom stereocenters. The molecule has 2 heterocycles. The molecule has 4 rings (SSSR count). The topological polar surface area (TPSA) is 96.4 Å². The van der Waals surface area contributed by atoms with E-state index in [-0.39, 0.29) is 16.3 Å². The number of pyridine rings is 1. The van der Waals surface area contributed by atoms with Crippen molar-refractivity contribution in [3.63, 3.8) is 0 Å². The highest BCUT2D eigenvalue weighted by atomic mass is 32.2. The van der Waals surface area contributed by atoms with Crippen LogP contribution in [0, 0.1) is 6.92 Å². The maximum atomic E-state index is 13.0. The molecule has 1 N–H and O–H groups in total. The summed E-state index contributed by atoms with van der Waals surface area (Å²) in [6.45, 7) is 2.47. The third-order valence-corrected chi connectivity index (χ3v) is 8.27. The molecule has 0 saturated heterocycles. The first kappa shape index (κ1) is 20.5. The second kappa shape index (κ2) is 7.82. The van der Waals surface area contributed by atoms with Gasteiger partial charge in [0.25, 0.3) is 10.0 Å². The Labute approximate surface area is 176 Å². The number of aryl methyl sites for hydroxylation is 1. The Hall–Kier alpha value is -2.75. The highest BCUT2D eigenvalue weighted by Crippen LogP contribution is 2.28. The number of fused-ring (bicyclic) bond motifs is 1. The van der Waals surface area contributed by atoms with E-state index < -0.39 is 20.0 Å². The van der Waals surface area contributed by atoms with Crippen LogP contribution in [0.4, 0.5) is 5.69 Å². The van der Waals surface area contributed by atoms with E-state index in [2.05, 4.69) is 9.71 Å². The normalized spacial score (nSPS) is 14.8. The van der Waals surface area contributed by atoms with Crippen LogP contribution in [0.15, 0.2) is 76.8 Å². The Bertz CT molecular complexity index is 1270. The number of anilines is 1. The lowest BCUT2D eigenvalue weighted by molar-refractivity contribution is 0.391. The van der Waals surface area contributed by atoms with Crippen molar-refractivity contribution < 1.29 is 16.8 Å². The van der Waals surface area contributed by atoms with Gasteiger partial charge in [0.15, 0.2) is 0 Å². The first-order chi connectivity index (χ1) is 14.3. The van der Waals surface area contributed by atoms with Gasteiger partial charge in [-0.05, 0) is 60.9 Å². The zero-order valence-corrected chi connectivity index (χ0v) is 17.9. The summed E-state index contributed by atoms with van der Waals surface area (Å²) < 4.78 is 55.1. The van der Waals surface area contributed by atoms with Crippen molar-refractivity contribution in [2.24, 2.45) is 0 Å². The van der Waals surface area contributed by atoms with E-state index in [1.807, 2.05) is 13.0 Å². The van der Waals surface area contributed by atoms with Crippen LogP contribution in [-0.4, -0.2) is 32.7 Å². The first-order valence-electron chi connectivity index (χ1n) is 9.37. The molecule has 7 nitrogen and oxygen atoms in total. The summed E-state index contributed by atoms with van der Waals surface area (Å²) in [6.07, 6.45) is 3.34. The molecule has 0 atom stereocenters. The molecule has 0 saturated carbocycles. The molecule has 1 aromatic heterocycles. The molecule has 0 spiro atoms. The van der Waals surface area contributed by atoms with Crippen LogP contribution in [0.2, 0.25) is 0 Å². The van der Waals surface area contributed by atoms with Gasteiger partial charge in [0.05, 0.1) is 4.90 Å². The highest BCUT2D eigenvalue weighted by molar-refractivity contribution is 7.92. The summed E-state index contributed by atoms with van der Waals surface area (Å²) in [6, 6.07) is 15.0. The molecule has 0 amide bonds. The summed E-state index contributed by atoms with van der Waals surface area (Å²) in [4.78, 5) is 4.16. The van der Waals surface area contributed by atoms with Gasteiger partial charge in [-0.25, -0.2) is 16.8 Å². The maximum Gasteiger partial charge on any atom is 0.263 e. The molecular formula is C21H21N3O4S2. The number of hydrogen-bond acceptors (Lipinski definition) is 5. The largest absolute Gasteiger partial charge is 0.280 e. The number of benzene rings is 2. The number of hydrogen-bond donors (Lipinski definition) is 1. The summed E-state index contributed by atoms with van der Waals surface area (Å²) in [5, 5.41) is 0. The van der Waals surface area contributed by atoms with Gasteiger partial charge < -0.3 is 0 Å². The SMILES string of the molecule is Cc1ccc(S(=O)(=O)N2CCc3ccc(NS(=O)(=O)c4cccnc4)cc3C2)cc1. The van der Waals surface area contributed by atoms with Gasteiger partial charge >= 0.3 is 0 Å². The predicted molar refractivity (Wildman–Crippen MR) is 114 cm³/mol. The standard InChI is InChI=1S/C21H21N3O4S2/c1-16-4-8-20(9-5-16)30(27,28)24-12-10-17-6-7-19(13-18(17)15-24)23-29(25,26)21-3-2-11-22-14-21/h2-9,11,13-14,23H,10,12,15H2,1H3. The van der Waals surface area contributed by atoms with E-state index in [0.717, 1.165) is 16.7 Å². The van der Waals surface area contributed by atoms with E-state index in [1.54, 1.807) is 42.5 Å². The Kier molecular flexibility index (Phi) is 5.35. The quantitative estimate of drug-likeness (QED) is 0.654. The van der Waals surface area contributed by atoms with Gasteiger partial charge in [0.1, 0.15) is 4.90 Å². The van der Waals surface area contributed by atoms with Crippen molar-refractivity contribution in [1.82, 2.24) is 9.29 Å². The van der Waals surface area contributed by atoms with Crippen molar-refractivity contribution >= 4 is 25.7 Å². The van der Waals surface area contributed by atoms with Crippen molar-refractivity contribution in [3.05, 3.63) is 83.7 Å². The van der Waals surface area contributed by atoms with Crippen LogP contribution >= 0.6 is 0 Å². The fourth-order valence-electron chi connectivity index (χ4n) is 3.38. The van der Waals surface area contributed by atoms with E-state index >= 15 is 0 Å². The third kappa shape index (κ3) is 4.09. The second-order valence-corrected chi connectivity index (χ2v) is 10.8. The smallest absolute Gasteiger partial charge is 0.263 e. The van der Waals surface area contributed by atoms with Crippen LogP contribution < -0.4 is 4.72 Å². The number of aromatic nitrogens is 1. The van der Waals surface area contributed by atoms with Gasteiger partial charge in [-0.3, -0.25) is 9.71 Å². The van der Waals surface area contributed by atoms with Crippen LogP contribution in [0.1, 0.15) is 16.7 Å². The summed E-state index contributed by atoms with van der Waals surface area (Å²) in [7, 11) is -7.40. The molecule has 0 radical (unpaired) electrons. The molecule has 0 fully saturated rings. The number of nitrogens with zero attached hydrogens (tertiary/aromatic N) is 2. The maximum absolute atomic E-state index is 13.0. The molecule has 3 aromatic rings.